The molecule has 0 aliphatic heterocycles. The Bertz CT molecular complexity index is 219. The normalized spacial score (nSPS) is 11.7. The van der Waals surface area contributed by atoms with E-state index in [4.69, 9.17) is 0 Å². The molecule has 3 amide bonds. The summed E-state index contributed by atoms with van der Waals surface area (Å²) in [4.78, 5) is 24.4. The summed E-state index contributed by atoms with van der Waals surface area (Å²) in [5.41, 5.74) is 0. The van der Waals surface area contributed by atoms with Crippen molar-refractivity contribution in [1.82, 2.24) is 15.5 Å². The summed E-state index contributed by atoms with van der Waals surface area (Å²) in [6, 6.07) is -0.769. The van der Waals surface area contributed by atoms with Gasteiger partial charge in [-0.2, -0.15) is 0 Å². The highest BCUT2D eigenvalue weighted by molar-refractivity contribution is 5.86. The van der Waals surface area contributed by atoms with E-state index in [0.29, 0.717) is 13.1 Å². The molecule has 0 aromatic rings. The predicted molar refractivity (Wildman–Crippen MR) is 59.6 cm³/mol. The van der Waals surface area contributed by atoms with Gasteiger partial charge in [-0.15, -0.1) is 0 Å². The number of hydrogen-bond acceptors (Lipinski definition) is 2. The second kappa shape index (κ2) is 7.09. The molecule has 0 aliphatic carbocycles. The van der Waals surface area contributed by atoms with Crippen LogP contribution in [0, 0.1) is 0 Å². The van der Waals surface area contributed by atoms with Crippen LogP contribution in [-0.2, 0) is 4.79 Å². The number of carbonyl (C=O) groups excluding carboxylic acids is 2. The highest BCUT2D eigenvalue weighted by Gasteiger charge is 2.17. The van der Waals surface area contributed by atoms with Crippen molar-refractivity contribution in [3.63, 3.8) is 0 Å². The maximum atomic E-state index is 11.6. The van der Waals surface area contributed by atoms with E-state index in [0.717, 1.165) is 6.42 Å². The average molecular weight is 215 g/mol. The molecule has 0 rings (SSSR count). The Morgan fingerprint density at radius 2 is 1.93 bits per heavy atom. The van der Waals surface area contributed by atoms with Gasteiger partial charge in [0.1, 0.15) is 6.04 Å². The Hall–Kier alpha value is -1.26. The fraction of sp³-hybridized carbons (Fsp3) is 0.800. The van der Waals surface area contributed by atoms with Crippen LogP contribution in [0.5, 0.6) is 0 Å². The van der Waals surface area contributed by atoms with Crippen LogP contribution >= 0.6 is 0 Å². The maximum Gasteiger partial charge on any atom is 0.315 e. The van der Waals surface area contributed by atoms with Gasteiger partial charge in [0.25, 0.3) is 0 Å². The van der Waals surface area contributed by atoms with Crippen LogP contribution in [0.3, 0.4) is 0 Å². The summed E-state index contributed by atoms with van der Waals surface area (Å²) < 4.78 is 0. The SMILES string of the molecule is CCCNC(=O)NC(C)C(=O)N(C)CC. The maximum absolute atomic E-state index is 11.6. The van der Waals surface area contributed by atoms with Crippen molar-refractivity contribution < 1.29 is 9.59 Å². The van der Waals surface area contributed by atoms with Gasteiger partial charge in [0.05, 0.1) is 0 Å². The number of amides is 3. The molecule has 0 radical (unpaired) electrons. The minimum atomic E-state index is -0.480. The summed E-state index contributed by atoms with van der Waals surface area (Å²) in [6.45, 7) is 6.80. The lowest BCUT2D eigenvalue weighted by Crippen LogP contribution is -2.48. The Labute approximate surface area is 91.2 Å². The van der Waals surface area contributed by atoms with Crippen molar-refractivity contribution in [3.8, 4) is 0 Å². The van der Waals surface area contributed by atoms with E-state index in [1.807, 2.05) is 13.8 Å². The fourth-order valence-corrected chi connectivity index (χ4v) is 1.03. The molecule has 0 aromatic heterocycles. The van der Waals surface area contributed by atoms with Gasteiger partial charge in [0.15, 0.2) is 0 Å². The van der Waals surface area contributed by atoms with Crippen molar-refractivity contribution in [2.24, 2.45) is 0 Å². The monoisotopic (exact) mass is 215 g/mol. The molecule has 0 aromatic carbocycles. The Morgan fingerprint density at radius 1 is 1.33 bits per heavy atom. The van der Waals surface area contributed by atoms with Crippen LogP contribution in [0.4, 0.5) is 4.79 Å². The summed E-state index contributed by atoms with van der Waals surface area (Å²) in [5, 5.41) is 5.24. The molecule has 0 bridgehead atoms. The van der Waals surface area contributed by atoms with Gasteiger partial charge < -0.3 is 15.5 Å². The molecule has 1 atom stereocenters. The number of hydrogen-bond donors (Lipinski definition) is 2. The molecule has 1 unspecified atom stereocenters. The number of urea groups is 1. The van der Waals surface area contributed by atoms with Crippen LogP contribution in [0.15, 0.2) is 0 Å². The molecule has 5 heteroatoms. The summed E-state index contributed by atoms with van der Waals surface area (Å²) >= 11 is 0. The number of nitrogens with zero attached hydrogens (tertiary/aromatic N) is 1. The Balaban J connectivity index is 3.96. The lowest BCUT2D eigenvalue weighted by atomic mass is 10.3. The Kier molecular flexibility index (Phi) is 6.49. The molecule has 88 valence electrons. The molecular weight excluding hydrogens is 194 g/mol. The van der Waals surface area contributed by atoms with E-state index in [1.165, 1.54) is 0 Å². The van der Waals surface area contributed by atoms with E-state index in [9.17, 15) is 9.59 Å². The molecule has 0 saturated heterocycles. The van der Waals surface area contributed by atoms with Crippen LogP contribution in [0.25, 0.3) is 0 Å². The van der Waals surface area contributed by atoms with Gasteiger partial charge >= 0.3 is 6.03 Å². The van der Waals surface area contributed by atoms with Crippen LogP contribution in [-0.4, -0.2) is 43.0 Å². The van der Waals surface area contributed by atoms with E-state index in [2.05, 4.69) is 10.6 Å². The van der Waals surface area contributed by atoms with Crippen molar-refractivity contribution in [2.75, 3.05) is 20.1 Å². The summed E-state index contributed by atoms with van der Waals surface area (Å²) in [5.74, 6) is -0.0795. The molecular formula is C10H21N3O2. The van der Waals surface area contributed by atoms with E-state index < -0.39 is 6.04 Å². The third-order valence-corrected chi connectivity index (χ3v) is 2.10. The van der Waals surface area contributed by atoms with Gasteiger partial charge in [-0.05, 0) is 20.3 Å². The number of carbonyl (C=O) groups is 2. The highest BCUT2D eigenvalue weighted by Crippen LogP contribution is 1.91. The van der Waals surface area contributed by atoms with Crippen LogP contribution < -0.4 is 10.6 Å². The van der Waals surface area contributed by atoms with E-state index in [-0.39, 0.29) is 11.9 Å². The lowest BCUT2D eigenvalue weighted by Gasteiger charge is -2.20. The Morgan fingerprint density at radius 3 is 2.40 bits per heavy atom. The zero-order valence-electron chi connectivity index (χ0n) is 9.96. The molecule has 0 heterocycles. The minimum Gasteiger partial charge on any atom is -0.344 e. The molecule has 15 heavy (non-hydrogen) atoms. The van der Waals surface area contributed by atoms with Gasteiger partial charge in [0, 0.05) is 20.1 Å². The second-order valence-corrected chi connectivity index (χ2v) is 3.47. The zero-order chi connectivity index (χ0) is 11.8. The molecule has 2 N–H and O–H groups in total. The van der Waals surface area contributed by atoms with Crippen molar-refractivity contribution in [3.05, 3.63) is 0 Å². The smallest absolute Gasteiger partial charge is 0.315 e. The lowest BCUT2D eigenvalue weighted by molar-refractivity contribution is -0.131. The highest BCUT2D eigenvalue weighted by atomic mass is 16.2. The molecule has 0 saturated carbocycles. The largest absolute Gasteiger partial charge is 0.344 e. The third kappa shape index (κ3) is 5.24. The number of rotatable bonds is 5. The fourth-order valence-electron chi connectivity index (χ4n) is 1.03. The van der Waals surface area contributed by atoms with Crippen LogP contribution in [0.1, 0.15) is 27.2 Å². The first-order valence-electron chi connectivity index (χ1n) is 5.32. The molecule has 0 aliphatic rings. The molecule has 0 spiro atoms. The van der Waals surface area contributed by atoms with E-state index in [1.54, 1.807) is 18.9 Å². The summed E-state index contributed by atoms with van der Waals surface area (Å²) in [7, 11) is 1.71. The van der Waals surface area contributed by atoms with Gasteiger partial charge in [0.2, 0.25) is 5.91 Å². The first-order chi connectivity index (χ1) is 7.02. The van der Waals surface area contributed by atoms with Crippen molar-refractivity contribution in [2.45, 2.75) is 33.2 Å². The van der Waals surface area contributed by atoms with E-state index >= 15 is 0 Å². The van der Waals surface area contributed by atoms with Crippen molar-refractivity contribution >= 4 is 11.9 Å². The molecule has 5 nitrogen and oxygen atoms in total. The predicted octanol–water partition coefficient (Wildman–Crippen LogP) is 0.562. The van der Waals surface area contributed by atoms with Crippen molar-refractivity contribution in [1.29, 1.82) is 0 Å². The molecule has 0 fully saturated rings. The quantitative estimate of drug-likeness (QED) is 0.704. The van der Waals surface area contributed by atoms with Gasteiger partial charge in [-0.25, -0.2) is 4.79 Å². The number of likely N-dealkylation sites (N-methyl/N-ethyl adjacent to an activating group) is 1. The second-order valence-electron chi connectivity index (χ2n) is 3.47. The van der Waals surface area contributed by atoms with Crippen LogP contribution in [0.2, 0.25) is 0 Å². The summed E-state index contributed by atoms with van der Waals surface area (Å²) in [6.07, 6.45) is 0.880. The average Bonchev–Trinajstić information content (AvgIpc) is 2.23. The third-order valence-electron chi connectivity index (χ3n) is 2.10. The number of nitrogens with one attached hydrogen (secondary N) is 2. The topological polar surface area (TPSA) is 61.4 Å². The van der Waals surface area contributed by atoms with Gasteiger partial charge in [-0.3, -0.25) is 4.79 Å². The first-order valence-corrected chi connectivity index (χ1v) is 5.32. The minimum absolute atomic E-state index is 0.0795. The first kappa shape index (κ1) is 13.7. The standard InChI is InChI=1S/C10H21N3O2/c1-5-7-11-10(15)12-8(3)9(14)13(4)6-2/h8H,5-7H2,1-4H3,(H2,11,12,15). The van der Waals surface area contributed by atoms with Gasteiger partial charge in [-0.1, -0.05) is 6.92 Å². The zero-order valence-corrected chi connectivity index (χ0v) is 9.96.